The lowest BCUT2D eigenvalue weighted by Gasteiger charge is -2.38. The normalized spacial score (nSPS) is 21.3. The van der Waals surface area contributed by atoms with Crippen molar-refractivity contribution < 1.29 is 9.53 Å². The maximum absolute atomic E-state index is 11.7. The Hall–Kier alpha value is -1.26. The fourth-order valence-electron chi connectivity index (χ4n) is 3.97. The van der Waals surface area contributed by atoms with Crippen molar-refractivity contribution in [3.63, 3.8) is 0 Å². The van der Waals surface area contributed by atoms with Crippen LogP contribution < -0.4 is 0 Å². The molecule has 1 saturated heterocycles. The molecule has 0 spiro atoms. The van der Waals surface area contributed by atoms with Crippen LogP contribution in [0.1, 0.15) is 71.1 Å². The molecule has 0 amide bonds. The molecule has 0 bridgehead atoms. The van der Waals surface area contributed by atoms with E-state index in [0.717, 1.165) is 51.3 Å². The monoisotopic (exact) mass is 360 g/mol. The van der Waals surface area contributed by atoms with Crippen LogP contribution in [0.3, 0.4) is 0 Å². The second-order valence-corrected chi connectivity index (χ2v) is 8.30. The van der Waals surface area contributed by atoms with Crippen molar-refractivity contribution in [1.82, 2.24) is 9.88 Å². The van der Waals surface area contributed by atoms with Gasteiger partial charge in [-0.25, -0.2) is 0 Å². The third kappa shape index (κ3) is 5.14. The predicted octanol–water partition coefficient (Wildman–Crippen LogP) is 4.50. The molecule has 1 aromatic rings. The van der Waals surface area contributed by atoms with E-state index in [1.807, 2.05) is 20.0 Å². The van der Waals surface area contributed by atoms with Crippen LogP contribution >= 0.6 is 0 Å². The van der Waals surface area contributed by atoms with Gasteiger partial charge in [0, 0.05) is 48.8 Å². The summed E-state index contributed by atoms with van der Waals surface area (Å²) in [4.78, 5) is 18.8. The van der Waals surface area contributed by atoms with Gasteiger partial charge < -0.3 is 4.74 Å². The maximum Gasteiger partial charge on any atom is 0.132 e. The van der Waals surface area contributed by atoms with Gasteiger partial charge in [0.05, 0.1) is 6.61 Å². The zero-order valence-corrected chi connectivity index (χ0v) is 17.3. The standard InChI is InChI=1S/C22H36N2O2/c1-6-20(25)9-8-12-22(17-26-7-2)13-14-24(16-22)21(4,5)19-11-10-18(3)23-15-19/h10-11,15H,6-9,12-14,16-17H2,1-5H3/t22-/m1/s1. The molecule has 2 rings (SSSR count). The van der Waals surface area contributed by atoms with Crippen LogP contribution in [0.15, 0.2) is 18.3 Å². The molecule has 0 saturated carbocycles. The van der Waals surface area contributed by atoms with Gasteiger partial charge in [0.2, 0.25) is 0 Å². The number of Topliss-reactive ketones (excluding diaryl/α,β-unsaturated/α-hetero) is 1. The Morgan fingerprint density at radius 2 is 2.12 bits per heavy atom. The zero-order chi connectivity index (χ0) is 19.2. The third-order valence-electron chi connectivity index (χ3n) is 6.02. The Labute approximate surface area is 159 Å². The smallest absolute Gasteiger partial charge is 0.132 e. The highest BCUT2D eigenvalue weighted by atomic mass is 16.5. The van der Waals surface area contributed by atoms with Crippen molar-refractivity contribution in [2.24, 2.45) is 5.41 Å². The van der Waals surface area contributed by atoms with E-state index in [9.17, 15) is 4.79 Å². The number of nitrogens with zero attached hydrogens (tertiary/aromatic N) is 2. The number of aromatic nitrogens is 1. The molecular formula is C22H36N2O2. The molecule has 0 unspecified atom stereocenters. The summed E-state index contributed by atoms with van der Waals surface area (Å²) in [5, 5.41) is 0. The van der Waals surface area contributed by atoms with Gasteiger partial charge in [-0.15, -0.1) is 0 Å². The first-order chi connectivity index (χ1) is 12.3. The maximum atomic E-state index is 11.7. The van der Waals surface area contributed by atoms with E-state index < -0.39 is 0 Å². The molecule has 1 fully saturated rings. The van der Waals surface area contributed by atoms with Gasteiger partial charge in [-0.2, -0.15) is 0 Å². The molecule has 1 aromatic heterocycles. The van der Waals surface area contributed by atoms with Gasteiger partial charge in [0.1, 0.15) is 5.78 Å². The highest BCUT2D eigenvalue weighted by Gasteiger charge is 2.43. The number of likely N-dealkylation sites (tertiary alicyclic amines) is 1. The van der Waals surface area contributed by atoms with Crippen LogP contribution in [-0.4, -0.2) is 42.0 Å². The minimum atomic E-state index is -0.0477. The molecular weight excluding hydrogens is 324 g/mol. The number of hydrogen-bond donors (Lipinski definition) is 0. The van der Waals surface area contributed by atoms with E-state index >= 15 is 0 Å². The number of carbonyl (C=O) groups is 1. The molecule has 0 radical (unpaired) electrons. The SMILES string of the molecule is CCOC[C@]1(CCCC(=O)CC)CCN(C(C)(C)c2ccc(C)nc2)C1. The molecule has 1 aliphatic rings. The van der Waals surface area contributed by atoms with Crippen LogP contribution in [-0.2, 0) is 15.1 Å². The predicted molar refractivity (Wildman–Crippen MR) is 106 cm³/mol. The van der Waals surface area contributed by atoms with E-state index in [0.29, 0.717) is 18.6 Å². The topological polar surface area (TPSA) is 42.4 Å². The minimum absolute atomic E-state index is 0.0477. The van der Waals surface area contributed by atoms with Gasteiger partial charge in [-0.1, -0.05) is 13.0 Å². The van der Waals surface area contributed by atoms with Crippen molar-refractivity contribution in [2.45, 2.75) is 72.3 Å². The Morgan fingerprint density at radius 1 is 1.35 bits per heavy atom. The van der Waals surface area contributed by atoms with Crippen LogP contribution in [0.5, 0.6) is 0 Å². The number of carbonyl (C=O) groups excluding carboxylic acids is 1. The number of aryl methyl sites for hydroxylation is 1. The van der Waals surface area contributed by atoms with Crippen LogP contribution in [0.4, 0.5) is 0 Å². The summed E-state index contributed by atoms with van der Waals surface area (Å²) in [7, 11) is 0. The molecule has 4 nitrogen and oxygen atoms in total. The van der Waals surface area contributed by atoms with Crippen LogP contribution in [0, 0.1) is 12.3 Å². The third-order valence-corrected chi connectivity index (χ3v) is 6.02. The first kappa shape index (κ1) is 21.0. The summed E-state index contributed by atoms with van der Waals surface area (Å²) >= 11 is 0. The summed E-state index contributed by atoms with van der Waals surface area (Å²) in [6, 6.07) is 4.29. The van der Waals surface area contributed by atoms with Gasteiger partial charge in [0.25, 0.3) is 0 Å². The molecule has 4 heteroatoms. The molecule has 0 aliphatic carbocycles. The fourth-order valence-corrected chi connectivity index (χ4v) is 3.97. The van der Waals surface area contributed by atoms with E-state index in [4.69, 9.17) is 4.74 Å². The summed E-state index contributed by atoms with van der Waals surface area (Å²) in [5.41, 5.74) is 2.43. The Morgan fingerprint density at radius 3 is 2.73 bits per heavy atom. The Bertz CT molecular complexity index is 582. The van der Waals surface area contributed by atoms with Gasteiger partial charge in [-0.05, 0) is 65.1 Å². The first-order valence-electron chi connectivity index (χ1n) is 10.1. The van der Waals surface area contributed by atoms with Gasteiger partial charge in [-0.3, -0.25) is 14.7 Å². The Kier molecular flexibility index (Phi) is 7.36. The number of hydrogen-bond acceptors (Lipinski definition) is 4. The fraction of sp³-hybridized carbons (Fsp3) is 0.727. The van der Waals surface area contributed by atoms with Crippen molar-refractivity contribution in [1.29, 1.82) is 0 Å². The summed E-state index contributed by atoms with van der Waals surface area (Å²) in [5.74, 6) is 0.373. The van der Waals surface area contributed by atoms with Gasteiger partial charge >= 0.3 is 0 Å². The summed E-state index contributed by atoms with van der Waals surface area (Å²) in [6.07, 6.45) is 6.54. The molecule has 146 valence electrons. The molecule has 0 N–H and O–H groups in total. The number of ether oxygens (including phenoxy) is 1. The van der Waals surface area contributed by atoms with E-state index in [2.05, 4.69) is 42.8 Å². The first-order valence-corrected chi connectivity index (χ1v) is 10.1. The minimum Gasteiger partial charge on any atom is -0.381 e. The quantitative estimate of drug-likeness (QED) is 0.616. The second-order valence-electron chi connectivity index (χ2n) is 8.30. The average molecular weight is 361 g/mol. The van der Waals surface area contributed by atoms with Crippen molar-refractivity contribution in [3.8, 4) is 0 Å². The molecule has 26 heavy (non-hydrogen) atoms. The van der Waals surface area contributed by atoms with Crippen molar-refractivity contribution in [3.05, 3.63) is 29.6 Å². The zero-order valence-electron chi connectivity index (χ0n) is 17.3. The highest BCUT2D eigenvalue weighted by molar-refractivity contribution is 5.77. The highest BCUT2D eigenvalue weighted by Crippen LogP contribution is 2.41. The molecule has 2 heterocycles. The number of ketones is 1. The second kappa shape index (κ2) is 9.09. The molecule has 0 aromatic carbocycles. The van der Waals surface area contributed by atoms with Crippen LogP contribution in [0.2, 0.25) is 0 Å². The Balaban J connectivity index is 2.08. The summed E-state index contributed by atoms with van der Waals surface area (Å²) in [6.45, 7) is 14.2. The van der Waals surface area contributed by atoms with Crippen LogP contribution in [0.25, 0.3) is 0 Å². The summed E-state index contributed by atoms with van der Waals surface area (Å²) < 4.78 is 5.86. The van der Waals surface area contributed by atoms with E-state index in [1.165, 1.54) is 5.56 Å². The number of pyridine rings is 1. The van der Waals surface area contributed by atoms with E-state index in [1.54, 1.807) is 0 Å². The largest absolute Gasteiger partial charge is 0.381 e. The lowest BCUT2D eigenvalue weighted by Crippen LogP contribution is -2.42. The lowest BCUT2D eigenvalue weighted by molar-refractivity contribution is -0.119. The number of rotatable bonds is 10. The molecule has 1 atom stereocenters. The average Bonchev–Trinajstić information content (AvgIpc) is 3.05. The van der Waals surface area contributed by atoms with Crippen molar-refractivity contribution in [2.75, 3.05) is 26.3 Å². The van der Waals surface area contributed by atoms with E-state index in [-0.39, 0.29) is 11.0 Å². The molecule has 1 aliphatic heterocycles. The van der Waals surface area contributed by atoms with Gasteiger partial charge in [0.15, 0.2) is 0 Å². The van der Waals surface area contributed by atoms with Crippen molar-refractivity contribution >= 4 is 5.78 Å². The lowest BCUT2D eigenvalue weighted by atomic mass is 9.82.